The Morgan fingerprint density at radius 1 is 1.08 bits per heavy atom. The SMILES string of the molecule is COc1cccc(C#CCN(c2ccccc2)S(=O)(=O)C(F)(F)F)c1. The van der Waals surface area contributed by atoms with Crippen molar-refractivity contribution in [2.45, 2.75) is 5.51 Å². The van der Waals surface area contributed by atoms with Gasteiger partial charge in [0.15, 0.2) is 0 Å². The highest BCUT2D eigenvalue weighted by atomic mass is 32.2. The minimum atomic E-state index is -5.55. The summed E-state index contributed by atoms with van der Waals surface area (Å²) < 4.78 is 67.7. The summed E-state index contributed by atoms with van der Waals surface area (Å²) in [6, 6.07) is 13.6. The van der Waals surface area contributed by atoms with Crippen LogP contribution in [0.4, 0.5) is 18.9 Å². The van der Waals surface area contributed by atoms with Crippen molar-refractivity contribution in [3.8, 4) is 17.6 Å². The molecule has 0 N–H and O–H groups in total. The maximum atomic E-state index is 12.9. The van der Waals surface area contributed by atoms with Crippen LogP contribution < -0.4 is 9.04 Å². The lowest BCUT2D eigenvalue weighted by Gasteiger charge is -2.23. The van der Waals surface area contributed by atoms with E-state index >= 15 is 0 Å². The molecular weight excluding hydrogens is 355 g/mol. The van der Waals surface area contributed by atoms with Crippen molar-refractivity contribution in [1.82, 2.24) is 0 Å². The molecule has 0 fully saturated rings. The van der Waals surface area contributed by atoms with Crippen LogP contribution in [0.5, 0.6) is 5.75 Å². The van der Waals surface area contributed by atoms with E-state index in [1.807, 2.05) is 0 Å². The smallest absolute Gasteiger partial charge is 0.497 e. The second-order valence-electron chi connectivity index (χ2n) is 4.83. The molecule has 0 radical (unpaired) electrons. The molecule has 4 nitrogen and oxygen atoms in total. The summed E-state index contributed by atoms with van der Waals surface area (Å²) in [6.45, 7) is -0.636. The standard InChI is InChI=1S/C17H14F3NO3S/c1-24-16-11-5-7-14(13-16)8-6-12-21(15-9-3-2-4-10-15)25(22,23)17(18,19)20/h2-5,7,9-11,13H,12H2,1H3. The Bertz CT molecular complexity index is 885. The molecule has 0 aliphatic heterocycles. The molecule has 0 aliphatic rings. The zero-order valence-electron chi connectivity index (χ0n) is 13.1. The number of anilines is 1. The summed E-state index contributed by atoms with van der Waals surface area (Å²) in [5.74, 6) is 5.65. The van der Waals surface area contributed by atoms with Crippen molar-refractivity contribution < 1.29 is 26.3 Å². The monoisotopic (exact) mass is 369 g/mol. The third-order valence-corrected chi connectivity index (χ3v) is 4.66. The number of para-hydroxylation sites is 1. The van der Waals surface area contributed by atoms with Crippen LogP contribution in [0.2, 0.25) is 0 Å². The van der Waals surface area contributed by atoms with Gasteiger partial charge in [-0.05, 0) is 30.3 Å². The lowest BCUT2D eigenvalue weighted by molar-refractivity contribution is -0.0437. The molecule has 0 unspecified atom stereocenters. The van der Waals surface area contributed by atoms with Gasteiger partial charge in [0.05, 0.1) is 19.3 Å². The fourth-order valence-corrected chi connectivity index (χ4v) is 2.83. The van der Waals surface area contributed by atoms with Crippen LogP contribution in [-0.2, 0) is 10.0 Å². The van der Waals surface area contributed by atoms with Crippen LogP contribution >= 0.6 is 0 Å². The first kappa shape index (κ1) is 18.7. The van der Waals surface area contributed by atoms with Crippen LogP contribution in [0.15, 0.2) is 54.6 Å². The normalized spacial score (nSPS) is 11.4. The van der Waals surface area contributed by atoms with Crippen LogP contribution in [0, 0.1) is 11.8 Å². The first-order valence-electron chi connectivity index (χ1n) is 7.02. The highest BCUT2D eigenvalue weighted by Crippen LogP contribution is 2.30. The summed E-state index contributed by atoms with van der Waals surface area (Å²) in [4.78, 5) is 0. The maximum absolute atomic E-state index is 12.9. The molecular formula is C17H14F3NO3S. The number of hydrogen-bond donors (Lipinski definition) is 0. The molecule has 25 heavy (non-hydrogen) atoms. The molecule has 0 aromatic heterocycles. The molecule has 0 saturated carbocycles. The van der Waals surface area contributed by atoms with Gasteiger partial charge in [0.25, 0.3) is 0 Å². The van der Waals surface area contributed by atoms with Gasteiger partial charge in [-0.3, -0.25) is 4.31 Å². The van der Waals surface area contributed by atoms with Gasteiger partial charge >= 0.3 is 15.5 Å². The number of alkyl halides is 3. The van der Waals surface area contributed by atoms with Gasteiger partial charge in [0.2, 0.25) is 0 Å². The molecule has 0 spiro atoms. The molecule has 0 saturated heterocycles. The average Bonchev–Trinajstić information content (AvgIpc) is 2.58. The highest BCUT2D eigenvalue weighted by molar-refractivity contribution is 7.93. The van der Waals surface area contributed by atoms with E-state index in [1.165, 1.54) is 31.4 Å². The summed E-state index contributed by atoms with van der Waals surface area (Å²) >= 11 is 0. The minimum absolute atomic E-state index is 0.111. The van der Waals surface area contributed by atoms with E-state index in [-0.39, 0.29) is 9.99 Å². The summed E-state index contributed by atoms with van der Waals surface area (Å²) in [5, 5.41) is 0. The second-order valence-corrected chi connectivity index (χ2v) is 6.68. The average molecular weight is 369 g/mol. The third-order valence-electron chi connectivity index (χ3n) is 3.15. The van der Waals surface area contributed by atoms with Crippen LogP contribution in [-0.4, -0.2) is 27.6 Å². The van der Waals surface area contributed by atoms with E-state index in [1.54, 1.807) is 30.3 Å². The lowest BCUT2D eigenvalue weighted by Crippen LogP contribution is -2.41. The predicted octanol–water partition coefficient (Wildman–Crippen LogP) is 3.40. The summed E-state index contributed by atoms with van der Waals surface area (Å²) in [5.41, 5.74) is -5.03. The number of ether oxygens (including phenoxy) is 1. The minimum Gasteiger partial charge on any atom is -0.497 e. The van der Waals surface area contributed by atoms with Crippen molar-refractivity contribution in [3.05, 3.63) is 60.2 Å². The van der Waals surface area contributed by atoms with Crippen molar-refractivity contribution in [3.63, 3.8) is 0 Å². The zero-order chi connectivity index (χ0) is 18.5. The Hall–Kier alpha value is -2.66. The Balaban J connectivity index is 2.34. The van der Waals surface area contributed by atoms with E-state index in [0.29, 0.717) is 11.3 Å². The van der Waals surface area contributed by atoms with Gasteiger partial charge in [0, 0.05) is 5.56 Å². The van der Waals surface area contributed by atoms with Gasteiger partial charge in [0.1, 0.15) is 5.75 Å². The number of nitrogens with zero attached hydrogens (tertiary/aromatic N) is 1. The molecule has 2 aromatic carbocycles. The van der Waals surface area contributed by atoms with Crippen molar-refractivity contribution in [2.24, 2.45) is 0 Å². The quantitative estimate of drug-likeness (QED) is 0.776. The topological polar surface area (TPSA) is 46.6 Å². The fraction of sp³-hybridized carbons (Fsp3) is 0.176. The molecule has 0 bridgehead atoms. The summed E-state index contributed by atoms with van der Waals surface area (Å²) in [7, 11) is -4.08. The van der Waals surface area contributed by atoms with Gasteiger partial charge < -0.3 is 4.74 Å². The Labute approximate surface area is 143 Å². The van der Waals surface area contributed by atoms with Gasteiger partial charge in [-0.25, -0.2) is 0 Å². The van der Waals surface area contributed by atoms with E-state index in [9.17, 15) is 21.6 Å². The van der Waals surface area contributed by atoms with E-state index in [2.05, 4.69) is 11.8 Å². The third kappa shape index (κ3) is 4.45. The van der Waals surface area contributed by atoms with Crippen molar-refractivity contribution in [1.29, 1.82) is 0 Å². The maximum Gasteiger partial charge on any atom is 0.516 e. The lowest BCUT2D eigenvalue weighted by atomic mass is 10.2. The van der Waals surface area contributed by atoms with Crippen LogP contribution in [0.3, 0.4) is 0 Å². The zero-order valence-corrected chi connectivity index (χ0v) is 13.9. The molecule has 0 heterocycles. The van der Waals surface area contributed by atoms with Crippen molar-refractivity contribution in [2.75, 3.05) is 18.0 Å². The summed E-state index contributed by atoms with van der Waals surface area (Å²) in [6.07, 6.45) is 0. The van der Waals surface area contributed by atoms with Gasteiger partial charge in [-0.2, -0.15) is 21.6 Å². The molecule has 2 rings (SSSR count). The predicted molar refractivity (Wildman–Crippen MR) is 88.6 cm³/mol. The molecule has 132 valence electrons. The Morgan fingerprint density at radius 3 is 2.36 bits per heavy atom. The number of benzene rings is 2. The van der Waals surface area contributed by atoms with E-state index < -0.39 is 22.1 Å². The molecule has 8 heteroatoms. The largest absolute Gasteiger partial charge is 0.516 e. The number of rotatable bonds is 4. The second kappa shape index (κ2) is 7.49. The molecule has 2 aromatic rings. The fourth-order valence-electron chi connectivity index (χ4n) is 1.95. The van der Waals surface area contributed by atoms with E-state index in [4.69, 9.17) is 4.74 Å². The van der Waals surface area contributed by atoms with Gasteiger partial charge in [-0.1, -0.05) is 36.1 Å². The van der Waals surface area contributed by atoms with Crippen LogP contribution in [0.25, 0.3) is 0 Å². The first-order chi connectivity index (χ1) is 11.8. The number of halogens is 3. The number of hydrogen-bond acceptors (Lipinski definition) is 3. The molecule has 0 aliphatic carbocycles. The van der Waals surface area contributed by atoms with E-state index in [0.717, 1.165) is 0 Å². The van der Waals surface area contributed by atoms with Gasteiger partial charge in [-0.15, -0.1) is 0 Å². The highest BCUT2D eigenvalue weighted by Gasteiger charge is 2.50. The van der Waals surface area contributed by atoms with Crippen molar-refractivity contribution >= 4 is 15.7 Å². The Morgan fingerprint density at radius 2 is 1.76 bits per heavy atom. The molecule has 0 atom stereocenters. The Kier molecular flexibility index (Phi) is 5.59. The molecule has 0 amide bonds. The number of sulfonamides is 1. The first-order valence-corrected chi connectivity index (χ1v) is 8.46. The number of methoxy groups -OCH3 is 1. The van der Waals surface area contributed by atoms with Crippen LogP contribution in [0.1, 0.15) is 5.56 Å².